The summed E-state index contributed by atoms with van der Waals surface area (Å²) in [5, 5.41) is 3.59. The molecule has 0 aliphatic carbocycles. The minimum absolute atomic E-state index is 0.0187. The van der Waals surface area contributed by atoms with Crippen LogP contribution >= 0.6 is 22.6 Å². The van der Waals surface area contributed by atoms with E-state index in [0.29, 0.717) is 6.04 Å². The lowest BCUT2D eigenvalue weighted by molar-refractivity contribution is -0.0553. The van der Waals surface area contributed by atoms with Crippen molar-refractivity contribution < 1.29 is 4.74 Å². The third-order valence-corrected chi connectivity index (χ3v) is 3.94. The fourth-order valence-electron chi connectivity index (χ4n) is 2.22. The summed E-state index contributed by atoms with van der Waals surface area (Å²) >= 11 is 2.32. The van der Waals surface area contributed by atoms with Gasteiger partial charge in [0.05, 0.1) is 5.60 Å². The van der Waals surface area contributed by atoms with Crippen LogP contribution in [0.1, 0.15) is 26.7 Å². The second-order valence-electron chi connectivity index (χ2n) is 5.18. The predicted octanol–water partition coefficient (Wildman–Crippen LogP) is 3.24. The Hall–Kier alpha value is -0.490. The van der Waals surface area contributed by atoms with Crippen LogP contribution in [0.5, 0.6) is 0 Å². The van der Waals surface area contributed by atoms with Gasteiger partial charge >= 0.3 is 0 Å². The maximum Gasteiger partial charge on any atom is 0.0646 e. The summed E-state index contributed by atoms with van der Waals surface area (Å²) in [6, 6.07) is 6.47. The number of ether oxygens (including phenoxy) is 1. The van der Waals surface area contributed by atoms with E-state index in [1.807, 2.05) is 12.1 Å². The summed E-state index contributed by atoms with van der Waals surface area (Å²) in [6.45, 7) is 5.12. The molecule has 0 aromatic heterocycles. The molecule has 1 aliphatic rings. The lowest BCUT2D eigenvalue weighted by atomic mass is 9.94. The van der Waals surface area contributed by atoms with E-state index in [1.54, 1.807) is 0 Å². The van der Waals surface area contributed by atoms with Crippen LogP contribution in [0.2, 0.25) is 0 Å². The standard InChI is InChI=1S/C13H19IN2O/c1-13(2)8-10(5-6-17-13)16-12-4-3-9(15)7-11(12)14/h3-4,7,10,16H,5-6,8,15H2,1-2H3. The van der Waals surface area contributed by atoms with Crippen LogP contribution in [-0.4, -0.2) is 18.2 Å². The van der Waals surface area contributed by atoms with Crippen LogP contribution in [0.15, 0.2) is 18.2 Å². The van der Waals surface area contributed by atoms with Gasteiger partial charge in [-0.1, -0.05) is 0 Å². The largest absolute Gasteiger partial charge is 0.399 e. The second-order valence-corrected chi connectivity index (χ2v) is 6.34. The number of hydrogen-bond donors (Lipinski definition) is 2. The molecule has 4 heteroatoms. The molecule has 0 saturated carbocycles. The average molecular weight is 346 g/mol. The van der Waals surface area contributed by atoms with Crippen molar-refractivity contribution in [2.24, 2.45) is 0 Å². The Bertz CT molecular complexity index is 406. The Kier molecular flexibility index (Phi) is 3.82. The molecule has 1 atom stereocenters. The number of rotatable bonds is 2. The lowest BCUT2D eigenvalue weighted by Crippen LogP contribution is -2.40. The fraction of sp³-hybridized carbons (Fsp3) is 0.538. The van der Waals surface area contributed by atoms with E-state index in [2.05, 4.69) is 47.8 Å². The van der Waals surface area contributed by atoms with E-state index >= 15 is 0 Å². The first-order valence-corrected chi connectivity index (χ1v) is 7.00. The molecule has 1 saturated heterocycles. The number of benzene rings is 1. The normalized spacial score (nSPS) is 23.4. The molecule has 3 nitrogen and oxygen atoms in total. The zero-order valence-corrected chi connectivity index (χ0v) is 12.5. The first-order valence-electron chi connectivity index (χ1n) is 5.92. The van der Waals surface area contributed by atoms with Crippen molar-refractivity contribution >= 4 is 34.0 Å². The molecule has 0 radical (unpaired) electrons. The number of halogens is 1. The molecule has 1 fully saturated rings. The second kappa shape index (κ2) is 5.02. The molecule has 17 heavy (non-hydrogen) atoms. The van der Waals surface area contributed by atoms with Gasteiger partial charge in [-0.25, -0.2) is 0 Å². The molecule has 2 rings (SSSR count). The van der Waals surface area contributed by atoms with Gasteiger partial charge in [0.15, 0.2) is 0 Å². The highest BCUT2D eigenvalue weighted by atomic mass is 127. The van der Waals surface area contributed by atoms with E-state index in [0.717, 1.165) is 25.1 Å². The third-order valence-electron chi connectivity index (χ3n) is 3.05. The van der Waals surface area contributed by atoms with E-state index in [4.69, 9.17) is 10.5 Å². The van der Waals surface area contributed by atoms with E-state index in [9.17, 15) is 0 Å². The fourth-order valence-corrected chi connectivity index (χ4v) is 2.92. The number of anilines is 2. The van der Waals surface area contributed by atoms with Crippen molar-refractivity contribution in [2.45, 2.75) is 38.3 Å². The average Bonchev–Trinajstić information content (AvgIpc) is 2.21. The van der Waals surface area contributed by atoms with Gasteiger partial charge in [0.2, 0.25) is 0 Å². The van der Waals surface area contributed by atoms with Crippen LogP contribution in [0.3, 0.4) is 0 Å². The Balaban J connectivity index is 2.05. The molecule has 1 heterocycles. The summed E-state index contributed by atoms with van der Waals surface area (Å²) < 4.78 is 6.89. The SMILES string of the molecule is CC1(C)CC(Nc2ccc(N)cc2I)CCO1. The molecule has 0 bridgehead atoms. The van der Waals surface area contributed by atoms with Gasteiger partial charge in [-0.3, -0.25) is 0 Å². The van der Waals surface area contributed by atoms with Crippen molar-refractivity contribution in [1.29, 1.82) is 0 Å². The molecule has 1 aromatic rings. The van der Waals surface area contributed by atoms with Gasteiger partial charge in [0.25, 0.3) is 0 Å². The molecule has 94 valence electrons. The van der Waals surface area contributed by atoms with Crippen molar-refractivity contribution in [3.05, 3.63) is 21.8 Å². The van der Waals surface area contributed by atoms with E-state index in [1.165, 1.54) is 9.26 Å². The van der Waals surface area contributed by atoms with Gasteiger partial charge in [-0.15, -0.1) is 0 Å². The van der Waals surface area contributed by atoms with E-state index < -0.39 is 0 Å². The monoisotopic (exact) mass is 346 g/mol. The van der Waals surface area contributed by atoms with Crippen LogP contribution in [-0.2, 0) is 4.74 Å². The molecule has 1 aromatic carbocycles. The van der Waals surface area contributed by atoms with Crippen LogP contribution in [0.25, 0.3) is 0 Å². The highest BCUT2D eigenvalue weighted by molar-refractivity contribution is 14.1. The van der Waals surface area contributed by atoms with Crippen molar-refractivity contribution in [2.75, 3.05) is 17.7 Å². The lowest BCUT2D eigenvalue weighted by Gasteiger charge is -2.36. The number of nitrogens with two attached hydrogens (primary N) is 1. The minimum atomic E-state index is -0.0187. The van der Waals surface area contributed by atoms with Crippen molar-refractivity contribution in [1.82, 2.24) is 0 Å². The zero-order valence-electron chi connectivity index (χ0n) is 10.3. The summed E-state index contributed by atoms with van der Waals surface area (Å²) in [5.74, 6) is 0. The van der Waals surface area contributed by atoms with E-state index in [-0.39, 0.29) is 5.60 Å². The Labute approximate surface area is 116 Å². The van der Waals surface area contributed by atoms with Crippen LogP contribution < -0.4 is 11.1 Å². The van der Waals surface area contributed by atoms with Gasteiger partial charge in [0, 0.05) is 27.6 Å². The first-order chi connectivity index (χ1) is 7.96. The topological polar surface area (TPSA) is 47.3 Å². The molecule has 1 aliphatic heterocycles. The predicted molar refractivity (Wildman–Crippen MR) is 80.2 cm³/mol. The van der Waals surface area contributed by atoms with Crippen LogP contribution in [0.4, 0.5) is 11.4 Å². The quantitative estimate of drug-likeness (QED) is 0.638. The number of nitrogens with one attached hydrogen (secondary N) is 1. The van der Waals surface area contributed by atoms with Crippen molar-refractivity contribution in [3.63, 3.8) is 0 Å². The smallest absolute Gasteiger partial charge is 0.0646 e. The molecule has 3 N–H and O–H groups in total. The number of hydrogen-bond acceptors (Lipinski definition) is 3. The number of nitrogen functional groups attached to an aromatic ring is 1. The molecule has 0 amide bonds. The highest BCUT2D eigenvalue weighted by Gasteiger charge is 2.28. The summed E-state index contributed by atoms with van der Waals surface area (Å²) in [5.41, 5.74) is 7.71. The zero-order chi connectivity index (χ0) is 12.5. The van der Waals surface area contributed by atoms with Gasteiger partial charge in [-0.2, -0.15) is 0 Å². The van der Waals surface area contributed by atoms with Gasteiger partial charge < -0.3 is 15.8 Å². The van der Waals surface area contributed by atoms with Crippen LogP contribution in [0, 0.1) is 3.57 Å². The highest BCUT2D eigenvalue weighted by Crippen LogP contribution is 2.28. The Morgan fingerprint density at radius 1 is 1.47 bits per heavy atom. The van der Waals surface area contributed by atoms with Gasteiger partial charge in [-0.05, 0) is 67.5 Å². The third kappa shape index (κ3) is 3.48. The molecule has 0 spiro atoms. The minimum Gasteiger partial charge on any atom is -0.399 e. The Morgan fingerprint density at radius 2 is 2.24 bits per heavy atom. The molecular weight excluding hydrogens is 327 g/mol. The summed E-state index contributed by atoms with van der Waals surface area (Å²) in [7, 11) is 0. The Morgan fingerprint density at radius 3 is 2.88 bits per heavy atom. The van der Waals surface area contributed by atoms with Gasteiger partial charge in [0.1, 0.15) is 0 Å². The summed E-state index contributed by atoms with van der Waals surface area (Å²) in [4.78, 5) is 0. The maximum atomic E-state index is 5.75. The molecule has 1 unspecified atom stereocenters. The first kappa shape index (κ1) is 13.0. The van der Waals surface area contributed by atoms with Crippen molar-refractivity contribution in [3.8, 4) is 0 Å². The summed E-state index contributed by atoms with van der Waals surface area (Å²) in [6.07, 6.45) is 2.09. The molecular formula is C13H19IN2O. The maximum absolute atomic E-state index is 5.75.